The van der Waals surface area contributed by atoms with Gasteiger partial charge in [0, 0.05) is 18.2 Å². The van der Waals surface area contributed by atoms with E-state index in [1.165, 1.54) is 6.07 Å². The van der Waals surface area contributed by atoms with E-state index in [1.807, 2.05) is 13.8 Å². The van der Waals surface area contributed by atoms with Crippen molar-refractivity contribution < 1.29 is 13.9 Å². The number of hydrogen-bond acceptors (Lipinski definition) is 2. The van der Waals surface area contributed by atoms with Crippen molar-refractivity contribution in [2.45, 2.75) is 38.8 Å². The topological polar surface area (TPSA) is 32.3 Å². The van der Waals surface area contributed by atoms with Crippen molar-refractivity contribution in [3.8, 4) is 0 Å². The SMILES string of the molecule is CCC(O)CNC(CC)c1cc(F)ccc1F. The van der Waals surface area contributed by atoms with Crippen LogP contribution in [-0.2, 0) is 0 Å². The van der Waals surface area contributed by atoms with Gasteiger partial charge < -0.3 is 10.4 Å². The number of hydrogen-bond donors (Lipinski definition) is 2. The Morgan fingerprint density at radius 2 is 1.94 bits per heavy atom. The van der Waals surface area contributed by atoms with Gasteiger partial charge in [0.2, 0.25) is 0 Å². The van der Waals surface area contributed by atoms with Crippen molar-refractivity contribution in [3.05, 3.63) is 35.4 Å². The van der Waals surface area contributed by atoms with Crippen LogP contribution >= 0.6 is 0 Å². The number of aliphatic hydroxyl groups is 1. The van der Waals surface area contributed by atoms with Crippen LogP contribution in [0.1, 0.15) is 38.3 Å². The molecule has 0 aliphatic rings. The summed E-state index contributed by atoms with van der Waals surface area (Å²) in [5.74, 6) is -0.866. The molecule has 1 aromatic carbocycles. The number of benzene rings is 1. The number of aliphatic hydroxyl groups excluding tert-OH is 1. The standard InChI is InChI=1S/C13H19F2NO/c1-3-10(17)8-16-13(4-2)11-7-9(14)5-6-12(11)15/h5-7,10,13,16-17H,3-4,8H2,1-2H3. The van der Waals surface area contributed by atoms with Gasteiger partial charge >= 0.3 is 0 Å². The lowest BCUT2D eigenvalue weighted by atomic mass is 10.0. The molecule has 0 aliphatic carbocycles. The first kappa shape index (κ1) is 14.1. The second kappa shape index (κ2) is 6.67. The Labute approximate surface area is 101 Å². The predicted octanol–water partition coefficient (Wildman–Crippen LogP) is 2.78. The highest BCUT2D eigenvalue weighted by Gasteiger charge is 2.15. The molecular formula is C13H19F2NO. The Balaban J connectivity index is 2.75. The lowest BCUT2D eigenvalue weighted by Crippen LogP contribution is -2.30. The molecule has 2 atom stereocenters. The van der Waals surface area contributed by atoms with Crippen LogP contribution in [-0.4, -0.2) is 17.8 Å². The lowest BCUT2D eigenvalue weighted by Gasteiger charge is -2.20. The smallest absolute Gasteiger partial charge is 0.128 e. The van der Waals surface area contributed by atoms with Crippen LogP contribution in [0, 0.1) is 11.6 Å². The lowest BCUT2D eigenvalue weighted by molar-refractivity contribution is 0.162. The minimum atomic E-state index is -0.458. The maximum Gasteiger partial charge on any atom is 0.128 e. The van der Waals surface area contributed by atoms with E-state index in [0.717, 1.165) is 12.1 Å². The second-order valence-electron chi connectivity index (χ2n) is 4.10. The van der Waals surface area contributed by atoms with E-state index >= 15 is 0 Å². The van der Waals surface area contributed by atoms with Crippen molar-refractivity contribution in [3.63, 3.8) is 0 Å². The molecular weight excluding hydrogens is 224 g/mol. The highest BCUT2D eigenvalue weighted by molar-refractivity contribution is 5.22. The van der Waals surface area contributed by atoms with Crippen LogP contribution in [0.25, 0.3) is 0 Å². The zero-order chi connectivity index (χ0) is 12.8. The van der Waals surface area contributed by atoms with Gasteiger partial charge in [0.25, 0.3) is 0 Å². The molecule has 0 aliphatic heterocycles. The van der Waals surface area contributed by atoms with Crippen LogP contribution in [0.4, 0.5) is 8.78 Å². The van der Waals surface area contributed by atoms with E-state index in [0.29, 0.717) is 24.9 Å². The van der Waals surface area contributed by atoms with Gasteiger partial charge in [-0.1, -0.05) is 13.8 Å². The third-order valence-corrected chi connectivity index (χ3v) is 2.81. The highest BCUT2D eigenvalue weighted by atomic mass is 19.1. The zero-order valence-corrected chi connectivity index (χ0v) is 10.2. The molecule has 4 heteroatoms. The summed E-state index contributed by atoms with van der Waals surface area (Å²) in [6.07, 6.45) is 0.812. The molecule has 0 saturated heterocycles. The first-order valence-corrected chi connectivity index (χ1v) is 5.94. The van der Waals surface area contributed by atoms with Gasteiger partial charge in [0.1, 0.15) is 11.6 Å². The first-order chi connectivity index (χ1) is 8.08. The van der Waals surface area contributed by atoms with Gasteiger partial charge in [-0.3, -0.25) is 0 Å². The van der Waals surface area contributed by atoms with E-state index in [9.17, 15) is 13.9 Å². The summed E-state index contributed by atoms with van der Waals surface area (Å²) in [6.45, 7) is 4.14. The van der Waals surface area contributed by atoms with Crippen molar-refractivity contribution in [1.82, 2.24) is 5.32 Å². The molecule has 96 valence electrons. The Morgan fingerprint density at radius 1 is 1.24 bits per heavy atom. The van der Waals surface area contributed by atoms with E-state index in [-0.39, 0.29) is 6.04 Å². The molecule has 1 aromatic rings. The van der Waals surface area contributed by atoms with Crippen molar-refractivity contribution in [1.29, 1.82) is 0 Å². The molecule has 0 aromatic heterocycles. The highest BCUT2D eigenvalue weighted by Crippen LogP contribution is 2.21. The molecule has 0 bridgehead atoms. The summed E-state index contributed by atoms with van der Waals surface area (Å²) in [4.78, 5) is 0. The first-order valence-electron chi connectivity index (χ1n) is 5.94. The number of nitrogens with one attached hydrogen (secondary N) is 1. The van der Waals surface area contributed by atoms with Crippen LogP contribution in [0.3, 0.4) is 0 Å². The third-order valence-electron chi connectivity index (χ3n) is 2.81. The quantitative estimate of drug-likeness (QED) is 0.805. The Kier molecular flexibility index (Phi) is 5.51. The molecule has 0 radical (unpaired) electrons. The summed E-state index contributed by atoms with van der Waals surface area (Å²) in [5.41, 5.74) is 0.316. The Hall–Kier alpha value is -1.00. The maximum atomic E-state index is 13.5. The normalized spacial score (nSPS) is 14.6. The van der Waals surface area contributed by atoms with Crippen molar-refractivity contribution in [2.24, 2.45) is 0 Å². The molecule has 0 heterocycles. The molecule has 2 nitrogen and oxygen atoms in total. The van der Waals surface area contributed by atoms with E-state index in [1.54, 1.807) is 0 Å². The van der Waals surface area contributed by atoms with Gasteiger partial charge in [0.15, 0.2) is 0 Å². The van der Waals surface area contributed by atoms with Crippen LogP contribution in [0.5, 0.6) is 0 Å². The summed E-state index contributed by atoms with van der Waals surface area (Å²) in [5, 5.41) is 12.5. The van der Waals surface area contributed by atoms with Crippen molar-refractivity contribution in [2.75, 3.05) is 6.54 Å². The van der Waals surface area contributed by atoms with Gasteiger partial charge in [0.05, 0.1) is 6.10 Å². The molecule has 0 fully saturated rings. The van der Waals surface area contributed by atoms with E-state index in [4.69, 9.17) is 0 Å². The van der Waals surface area contributed by atoms with E-state index < -0.39 is 17.7 Å². The van der Waals surface area contributed by atoms with Gasteiger partial charge in [-0.05, 0) is 31.0 Å². The molecule has 2 N–H and O–H groups in total. The molecule has 0 amide bonds. The number of rotatable bonds is 6. The molecule has 0 saturated carbocycles. The van der Waals surface area contributed by atoms with Gasteiger partial charge in [-0.25, -0.2) is 8.78 Å². The summed E-state index contributed by atoms with van der Waals surface area (Å²) >= 11 is 0. The van der Waals surface area contributed by atoms with E-state index in [2.05, 4.69) is 5.32 Å². The molecule has 2 unspecified atom stereocenters. The molecule has 17 heavy (non-hydrogen) atoms. The minimum Gasteiger partial charge on any atom is -0.392 e. The summed E-state index contributed by atoms with van der Waals surface area (Å²) < 4.78 is 26.6. The van der Waals surface area contributed by atoms with Crippen LogP contribution in [0.15, 0.2) is 18.2 Å². The van der Waals surface area contributed by atoms with Crippen molar-refractivity contribution >= 4 is 0 Å². The Morgan fingerprint density at radius 3 is 2.53 bits per heavy atom. The molecule has 1 rings (SSSR count). The minimum absolute atomic E-state index is 0.271. The maximum absolute atomic E-state index is 13.5. The summed E-state index contributed by atoms with van der Waals surface area (Å²) in [7, 11) is 0. The fraction of sp³-hybridized carbons (Fsp3) is 0.538. The van der Waals surface area contributed by atoms with Gasteiger partial charge in [-0.15, -0.1) is 0 Å². The predicted molar refractivity (Wildman–Crippen MR) is 63.7 cm³/mol. The molecule has 0 spiro atoms. The number of halogens is 2. The summed E-state index contributed by atoms with van der Waals surface area (Å²) in [6, 6.07) is 3.17. The third kappa shape index (κ3) is 4.06. The average molecular weight is 243 g/mol. The van der Waals surface area contributed by atoms with Gasteiger partial charge in [-0.2, -0.15) is 0 Å². The largest absolute Gasteiger partial charge is 0.392 e. The fourth-order valence-electron chi connectivity index (χ4n) is 1.68. The fourth-order valence-corrected chi connectivity index (χ4v) is 1.68. The Bertz CT molecular complexity index is 357. The monoisotopic (exact) mass is 243 g/mol. The zero-order valence-electron chi connectivity index (χ0n) is 10.2. The van der Waals surface area contributed by atoms with Crippen LogP contribution in [0.2, 0.25) is 0 Å². The average Bonchev–Trinajstić information content (AvgIpc) is 2.33. The second-order valence-corrected chi connectivity index (χ2v) is 4.10. The van der Waals surface area contributed by atoms with Crippen LogP contribution < -0.4 is 5.32 Å².